The molecular weight excluding hydrogens is 192 g/mol. The van der Waals surface area contributed by atoms with Gasteiger partial charge < -0.3 is 4.74 Å². The van der Waals surface area contributed by atoms with Crippen molar-refractivity contribution in [2.45, 2.75) is 25.6 Å². The molecule has 1 fully saturated rings. The van der Waals surface area contributed by atoms with E-state index >= 15 is 0 Å². The van der Waals surface area contributed by atoms with Crippen molar-refractivity contribution in [3.05, 3.63) is 35.9 Å². The number of carbonyl (C=O) groups excluding carboxylic acids is 2. The molecule has 1 heterocycles. The number of Topliss-reactive ketones (excluding diaryl/α,β-unsaturated/α-hetero) is 2. The molecular formula is C12H12O3. The van der Waals surface area contributed by atoms with Crippen molar-refractivity contribution in [3.63, 3.8) is 0 Å². The van der Waals surface area contributed by atoms with Gasteiger partial charge in [-0.05, 0) is 19.4 Å². The van der Waals surface area contributed by atoms with E-state index in [1.807, 2.05) is 30.3 Å². The fourth-order valence-electron chi connectivity index (χ4n) is 1.87. The summed E-state index contributed by atoms with van der Waals surface area (Å²) in [6.07, 6.45) is -0.395. The van der Waals surface area contributed by atoms with Gasteiger partial charge in [0.2, 0.25) is 5.60 Å². The minimum atomic E-state index is -1.21. The van der Waals surface area contributed by atoms with Gasteiger partial charge in [0.05, 0.1) is 0 Å². The van der Waals surface area contributed by atoms with E-state index in [0.29, 0.717) is 0 Å². The lowest BCUT2D eigenvalue weighted by molar-refractivity contribution is -0.132. The molecule has 15 heavy (non-hydrogen) atoms. The van der Waals surface area contributed by atoms with Gasteiger partial charge in [0.15, 0.2) is 11.6 Å². The highest BCUT2D eigenvalue weighted by atomic mass is 16.6. The largest absolute Gasteiger partial charge is 0.344 e. The molecule has 1 aromatic carbocycles. The van der Waals surface area contributed by atoms with Crippen LogP contribution in [0.3, 0.4) is 0 Å². The van der Waals surface area contributed by atoms with E-state index in [4.69, 9.17) is 4.74 Å². The zero-order valence-corrected chi connectivity index (χ0v) is 8.69. The van der Waals surface area contributed by atoms with Crippen LogP contribution in [0, 0.1) is 0 Å². The lowest BCUT2D eigenvalue weighted by Crippen LogP contribution is -2.31. The maximum Gasteiger partial charge on any atom is 0.214 e. The molecule has 0 amide bonds. The van der Waals surface area contributed by atoms with Crippen LogP contribution in [0.5, 0.6) is 0 Å². The molecule has 3 nitrogen and oxygen atoms in total. The highest BCUT2D eigenvalue weighted by Gasteiger charge is 2.64. The summed E-state index contributed by atoms with van der Waals surface area (Å²) in [6, 6.07) is 9.33. The van der Waals surface area contributed by atoms with Gasteiger partial charge in [0, 0.05) is 0 Å². The molecule has 1 aliphatic rings. The van der Waals surface area contributed by atoms with Crippen molar-refractivity contribution in [1.29, 1.82) is 0 Å². The van der Waals surface area contributed by atoms with Crippen LogP contribution in [-0.2, 0) is 14.3 Å². The third-order valence-electron chi connectivity index (χ3n) is 2.76. The summed E-state index contributed by atoms with van der Waals surface area (Å²) in [6.45, 7) is 2.79. The molecule has 0 aliphatic carbocycles. The zero-order valence-electron chi connectivity index (χ0n) is 8.69. The number of hydrogen-bond donors (Lipinski definition) is 0. The Morgan fingerprint density at radius 3 is 2.07 bits per heavy atom. The Morgan fingerprint density at radius 1 is 1.13 bits per heavy atom. The van der Waals surface area contributed by atoms with Crippen LogP contribution in [0.2, 0.25) is 0 Å². The average molecular weight is 204 g/mol. The molecule has 0 spiro atoms. The van der Waals surface area contributed by atoms with Crippen LogP contribution in [0.1, 0.15) is 25.5 Å². The van der Waals surface area contributed by atoms with Crippen molar-refractivity contribution in [3.8, 4) is 0 Å². The van der Waals surface area contributed by atoms with E-state index in [1.54, 1.807) is 0 Å². The highest BCUT2D eigenvalue weighted by molar-refractivity contribution is 6.12. The molecule has 1 saturated heterocycles. The Labute approximate surface area is 88.1 Å². The molecule has 78 valence electrons. The third-order valence-corrected chi connectivity index (χ3v) is 2.76. The minimum absolute atomic E-state index is 0.219. The summed E-state index contributed by atoms with van der Waals surface area (Å²) in [5.41, 5.74) is -0.329. The third kappa shape index (κ3) is 1.39. The first-order valence-corrected chi connectivity index (χ1v) is 4.84. The second-order valence-electron chi connectivity index (χ2n) is 3.76. The first-order chi connectivity index (χ1) is 7.09. The standard InChI is InChI=1S/C12H12O3/c1-8(13)12(9(2)14)11(15-12)10-6-4-3-5-7-10/h3-7,11H,1-2H3/t11-/m0/s1. The number of benzene rings is 1. The van der Waals surface area contributed by atoms with E-state index in [2.05, 4.69) is 0 Å². The lowest BCUT2D eigenvalue weighted by atomic mass is 9.92. The molecule has 0 bridgehead atoms. The van der Waals surface area contributed by atoms with Crippen molar-refractivity contribution in [1.82, 2.24) is 0 Å². The molecule has 3 heteroatoms. The number of ketones is 2. The van der Waals surface area contributed by atoms with Crippen LogP contribution in [0.4, 0.5) is 0 Å². The molecule has 0 unspecified atom stereocenters. The summed E-state index contributed by atoms with van der Waals surface area (Å²) in [5, 5.41) is 0. The molecule has 1 aromatic rings. The monoisotopic (exact) mass is 204 g/mol. The summed E-state index contributed by atoms with van der Waals surface area (Å²) < 4.78 is 5.31. The topological polar surface area (TPSA) is 46.7 Å². The first kappa shape index (κ1) is 10.1. The van der Waals surface area contributed by atoms with Crippen molar-refractivity contribution >= 4 is 11.6 Å². The van der Waals surface area contributed by atoms with Crippen molar-refractivity contribution in [2.75, 3.05) is 0 Å². The first-order valence-electron chi connectivity index (χ1n) is 4.84. The van der Waals surface area contributed by atoms with Crippen molar-refractivity contribution < 1.29 is 14.3 Å². The van der Waals surface area contributed by atoms with Gasteiger partial charge in [0.25, 0.3) is 0 Å². The minimum Gasteiger partial charge on any atom is -0.344 e. The predicted octanol–water partition coefficient (Wildman–Crippen LogP) is 1.67. The summed E-state index contributed by atoms with van der Waals surface area (Å²) in [4.78, 5) is 22.8. The van der Waals surface area contributed by atoms with Crippen LogP contribution < -0.4 is 0 Å². The normalized spacial score (nSPS) is 22.1. The molecule has 0 radical (unpaired) electrons. The van der Waals surface area contributed by atoms with Crippen LogP contribution >= 0.6 is 0 Å². The summed E-state index contributed by atoms with van der Waals surface area (Å²) in [5.74, 6) is -0.437. The fourth-order valence-corrected chi connectivity index (χ4v) is 1.87. The molecule has 0 aromatic heterocycles. The van der Waals surface area contributed by atoms with Crippen LogP contribution in [-0.4, -0.2) is 17.2 Å². The lowest BCUT2D eigenvalue weighted by Gasteiger charge is -2.03. The molecule has 1 aliphatic heterocycles. The average Bonchev–Trinajstić information content (AvgIpc) is 2.95. The second kappa shape index (κ2) is 3.28. The van der Waals surface area contributed by atoms with Gasteiger partial charge in [-0.25, -0.2) is 0 Å². The van der Waals surface area contributed by atoms with E-state index in [0.717, 1.165) is 5.56 Å². The Balaban J connectivity index is 2.31. The quantitative estimate of drug-likeness (QED) is 0.555. The number of epoxide rings is 1. The van der Waals surface area contributed by atoms with E-state index in [1.165, 1.54) is 13.8 Å². The SMILES string of the molecule is CC(=O)C1(C(C)=O)O[C@H]1c1ccccc1. The summed E-state index contributed by atoms with van der Waals surface area (Å²) in [7, 11) is 0. The number of carbonyl (C=O) groups is 2. The predicted molar refractivity (Wildman–Crippen MR) is 54.4 cm³/mol. The molecule has 0 saturated carbocycles. The zero-order chi connectivity index (χ0) is 11.1. The maximum atomic E-state index is 11.4. The highest BCUT2D eigenvalue weighted by Crippen LogP contribution is 2.50. The van der Waals surface area contributed by atoms with Crippen molar-refractivity contribution in [2.24, 2.45) is 0 Å². The van der Waals surface area contributed by atoms with Crippen LogP contribution in [0.25, 0.3) is 0 Å². The number of rotatable bonds is 3. The Kier molecular flexibility index (Phi) is 2.20. The van der Waals surface area contributed by atoms with E-state index in [9.17, 15) is 9.59 Å². The second-order valence-corrected chi connectivity index (χ2v) is 3.76. The fraction of sp³-hybridized carbons (Fsp3) is 0.333. The number of hydrogen-bond acceptors (Lipinski definition) is 3. The van der Waals surface area contributed by atoms with Gasteiger partial charge >= 0.3 is 0 Å². The number of ether oxygens (including phenoxy) is 1. The van der Waals surface area contributed by atoms with Crippen LogP contribution in [0.15, 0.2) is 30.3 Å². The van der Waals surface area contributed by atoms with E-state index < -0.39 is 11.7 Å². The van der Waals surface area contributed by atoms with Gasteiger partial charge in [-0.3, -0.25) is 9.59 Å². The Hall–Kier alpha value is -1.48. The van der Waals surface area contributed by atoms with Gasteiger partial charge in [-0.2, -0.15) is 0 Å². The van der Waals surface area contributed by atoms with Gasteiger partial charge in [0.1, 0.15) is 6.10 Å². The smallest absolute Gasteiger partial charge is 0.214 e. The maximum absolute atomic E-state index is 11.4. The summed E-state index contributed by atoms with van der Waals surface area (Å²) >= 11 is 0. The molecule has 1 atom stereocenters. The Bertz CT molecular complexity index is 394. The van der Waals surface area contributed by atoms with E-state index in [-0.39, 0.29) is 11.6 Å². The van der Waals surface area contributed by atoms with Gasteiger partial charge in [-0.1, -0.05) is 30.3 Å². The molecule has 0 N–H and O–H groups in total. The van der Waals surface area contributed by atoms with Gasteiger partial charge in [-0.15, -0.1) is 0 Å². The Morgan fingerprint density at radius 2 is 1.67 bits per heavy atom. The molecule has 2 rings (SSSR count).